The Balaban J connectivity index is 0.000000235. The molecule has 4 aromatic rings. The molecular weight excluding hydrogens is 822 g/mol. The number of phenolic OH excluding ortho intramolecular Hbond substituents is 1. The maximum Gasteiger partial charge on any atom is 0.494 e. The zero-order valence-corrected chi connectivity index (χ0v) is 40.4. The number of rotatable bonds is 24. The van der Waals surface area contributed by atoms with Gasteiger partial charge in [-0.2, -0.15) is 0 Å². The zero-order valence-electron chi connectivity index (χ0n) is 40.4. The molecular formula is C52H76B2O11. The van der Waals surface area contributed by atoms with Crippen LogP contribution in [-0.2, 0) is 50.8 Å². The van der Waals surface area contributed by atoms with Crippen molar-refractivity contribution in [2.24, 2.45) is 0 Å². The molecule has 0 amide bonds. The SMILES string of the molecule is CC1(C)OB(c2ccc(O)cc2)OC1(C)C.CC1(C)OB(c2ccc(OCCCOCCCCOCc3ccccc3)cc2)OC1(C)C.OCCCOCCCCOCc1ccccc1. The highest BCUT2D eigenvalue weighted by atomic mass is 16.7. The van der Waals surface area contributed by atoms with E-state index in [1.165, 1.54) is 11.1 Å². The molecule has 0 aromatic heterocycles. The van der Waals surface area contributed by atoms with Gasteiger partial charge in [-0.15, -0.1) is 0 Å². The summed E-state index contributed by atoms with van der Waals surface area (Å²) in [6.45, 7) is 23.0. The number of benzene rings is 4. The van der Waals surface area contributed by atoms with E-state index < -0.39 is 0 Å². The molecule has 2 aliphatic rings. The molecule has 65 heavy (non-hydrogen) atoms. The lowest BCUT2D eigenvalue weighted by atomic mass is 9.79. The highest BCUT2D eigenvalue weighted by Gasteiger charge is 2.52. The molecule has 2 fully saturated rings. The second kappa shape index (κ2) is 27.8. The minimum Gasteiger partial charge on any atom is -0.508 e. The summed E-state index contributed by atoms with van der Waals surface area (Å²) in [7, 11) is -0.697. The zero-order chi connectivity index (χ0) is 47.0. The van der Waals surface area contributed by atoms with Gasteiger partial charge >= 0.3 is 14.2 Å². The first-order valence-corrected chi connectivity index (χ1v) is 23.3. The third-order valence-electron chi connectivity index (χ3n) is 11.9. The highest BCUT2D eigenvalue weighted by molar-refractivity contribution is 6.62. The Morgan fingerprint density at radius 3 is 1.17 bits per heavy atom. The van der Waals surface area contributed by atoms with Crippen LogP contribution in [0, 0.1) is 0 Å². The predicted molar refractivity (Wildman–Crippen MR) is 260 cm³/mol. The van der Waals surface area contributed by atoms with Crippen molar-refractivity contribution in [1.29, 1.82) is 0 Å². The number of hydrogen-bond donors (Lipinski definition) is 2. The van der Waals surface area contributed by atoms with Crippen LogP contribution < -0.4 is 15.7 Å². The monoisotopic (exact) mass is 899 g/mol. The van der Waals surface area contributed by atoms with Crippen LogP contribution in [0.3, 0.4) is 0 Å². The maximum atomic E-state index is 9.22. The molecule has 0 unspecified atom stereocenters. The summed E-state index contributed by atoms with van der Waals surface area (Å²) in [5.41, 5.74) is 3.05. The van der Waals surface area contributed by atoms with Crippen LogP contribution in [0.2, 0.25) is 0 Å². The van der Waals surface area contributed by atoms with Crippen molar-refractivity contribution < 1.29 is 52.5 Å². The summed E-state index contributed by atoms with van der Waals surface area (Å²) < 4.78 is 52.0. The number of unbranched alkanes of at least 4 members (excludes halogenated alkanes) is 2. The van der Waals surface area contributed by atoms with E-state index >= 15 is 0 Å². The molecule has 356 valence electrons. The van der Waals surface area contributed by atoms with Crippen LogP contribution in [0.4, 0.5) is 0 Å². The second-order valence-corrected chi connectivity index (χ2v) is 18.3. The highest BCUT2D eigenvalue weighted by Crippen LogP contribution is 2.37. The van der Waals surface area contributed by atoms with Gasteiger partial charge in [0.1, 0.15) is 11.5 Å². The molecule has 2 aliphatic heterocycles. The summed E-state index contributed by atoms with van der Waals surface area (Å²) in [6.07, 6.45) is 5.65. The van der Waals surface area contributed by atoms with Crippen LogP contribution in [-0.4, -0.2) is 99.7 Å². The molecule has 2 heterocycles. The van der Waals surface area contributed by atoms with Gasteiger partial charge < -0.3 is 52.5 Å². The molecule has 11 nitrogen and oxygen atoms in total. The van der Waals surface area contributed by atoms with E-state index in [4.69, 9.17) is 47.4 Å². The minimum atomic E-state index is -0.356. The number of aliphatic hydroxyl groups excluding tert-OH is 1. The first-order valence-electron chi connectivity index (χ1n) is 23.3. The van der Waals surface area contributed by atoms with Gasteiger partial charge in [0.15, 0.2) is 0 Å². The van der Waals surface area contributed by atoms with Crippen molar-refractivity contribution in [2.45, 2.75) is 130 Å². The van der Waals surface area contributed by atoms with E-state index in [9.17, 15) is 5.11 Å². The van der Waals surface area contributed by atoms with Gasteiger partial charge in [0, 0.05) is 52.7 Å². The molecule has 13 heteroatoms. The lowest BCUT2D eigenvalue weighted by Gasteiger charge is -2.32. The topological polar surface area (TPSA) is 124 Å². The van der Waals surface area contributed by atoms with Gasteiger partial charge in [0.05, 0.1) is 42.2 Å². The van der Waals surface area contributed by atoms with Crippen molar-refractivity contribution in [2.75, 3.05) is 52.9 Å². The van der Waals surface area contributed by atoms with Crippen molar-refractivity contribution in [3.05, 3.63) is 120 Å². The van der Waals surface area contributed by atoms with E-state index in [-0.39, 0.29) is 49.0 Å². The van der Waals surface area contributed by atoms with Gasteiger partial charge in [-0.05, 0) is 134 Å². The van der Waals surface area contributed by atoms with Crippen molar-refractivity contribution in [3.63, 3.8) is 0 Å². The van der Waals surface area contributed by atoms with Crippen LogP contribution in [0.1, 0.15) is 105 Å². The number of aliphatic hydroxyl groups is 1. The lowest BCUT2D eigenvalue weighted by Crippen LogP contribution is -2.41. The Kier molecular flexibility index (Phi) is 23.0. The average molecular weight is 899 g/mol. The van der Waals surface area contributed by atoms with Crippen LogP contribution in [0.25, 0.3) is 0 Å². The molecule has 4 aromatic carbocycles. The Morgan fingerprint density at radius 2 is 0.769 bits per heavy atom. The van der Waals surface area contributed by atoms with Gasteiger partial charge in [-0.3, -0.25) is 0 Å². The standard InChI is InChI=1S/C26H37BO5.C14H22O3.C12H17BO3/c1-25(2)26(3,4)32-27(31-25)23-13-15-24(16-14-23)30-20-10-19-28-17-8-9-18-29-21-22-11-6-5-7-12-22;15-9-6-12-16-10-4-5-11-17-13-14-7-2-1-3-8-14;1-11(2)12(3,4)16-13(15-11)9-5-7-10(14)8-6-9/h5-7,11-16H,8-10,17-21H2,1-4H3;1-3,7-8,15H,4-6,9-13H2;5-8,14H,1-4H3. The summed E-state index contributed by atoms with van der Waals surface area (Å²) in [5, 5.41) is 17.8. The van der Waals surface area contributed by atoms with Crippen molar-refractivity contribution >= 4 is 25.2 Å². The first-order chi connectivity index (χ1) is 31.1. The maximum absolute atomic E-state index is 9.22. The largest absolute Gasteiger partial charge is 0.508 e. The van der Waals surface area contributed by atoms with Crippen molar-refractivity contribution in [3.8, 4) is 11.5 Å². The average Bonchev–Trinajstić information content (AvgIpc) is 3.65. The summed E-state index contributed by atoms with van der Waals surface area (Å²) in [5.74, 6) is 1.10. The Labute approximate surface area is 390 Å². The summed E-state index contributed by atoms with van der Waals surface area (Å²) in [6, 6.07) is 35.3. The minimum absolute atomic E-state index is 0.209. The third-order valence-corrected chi connectivity index (χ3v) is 11.9. The molecule has 0 spiro atoms. The fourth-order valence-electron chi connectivity index (χ4n) is 6.38. The molecule has 2 saturated heterocycles. The summed E-state index contributed by atoms with van der Waals surface area (Å²) >= 11 is 0. The van der Waals surface area contributed by atoms with Gasteiger partial charge in [0.25, 0.3) is 0 Å². The number of aromatic hydroxyl groups is 1. The van der Waals surface area contributed by atoms with Gasteiger partial charge in [-0.1, -0.05) is 84.9 Å². The molecule has 6 rings (SSSR count). The molecule has 0 bridgehead atoms. The smallest absolute Gasteiger partial charge is 0.494 e. The van der Waals surface area contributed by atoms with E-state index in [1.807, 2.05) is 100 Å². The fraction of sp³-hybridized carbons (Fsp3) is 0.538. The molecule has 0 atom stereocenters. The second-order valence-electron chi connectivity index (χ2n) is 18.3. The fourth-order valence-corrected chi connectivity index (χ4v) is 6.38. The molecule has 0 radical (unpaired) electrons. The third kappa shape index (κ3) is 19.2. The van der Waals surface area contributed by atoms with E-state index in [0.29, 0.717) is 33.0 Å². The molecule has 2 N–H and O–H groups in total. The van der Waals surface area contributed by atoms with E-state index in [2.05, 4.69) is 52.0 Å². The van der Waals surface area contributed by atoms with Crippen LogP contribution in [0.5, 0.6) is 11.5 Å². The first kappa shape index (κ1) is 53.9. The summed E-state index contributed by atoms with van der Waals surface area (Å²) in [4.78, 5) is 0. The van der Waals surface area contributed by atoms with Gasteiger partial charge in [0.2, 0.25) is 0 Å². The van der Waals surface area contributed by atoms with Crippen molar-refractivity contribution in [1.82, 2.24) is 0 Å². The normalized spacial score (nSPS) is 16.6. The Morgan fingerprint density at radius 1 is 0.415 bits per heavy atom. The molecule has 0 aliphatic carbocycles. The van der Waals surface area contributed by atoms with Crippen LogP contribution in [0.15, 0.2) is 109 Å². The van der Waals surface area contributed by atoms with E-state index in [0.717, 1.165) is 81.6 Å². The molecule has 0 saturated carbocycles. The Bertz CT molecular complexity index is 1810. The predicted octanol–water partition coefficient (Wildman–Crippen LogP) is 8.84. The van der Waals surface area contributed by atoms with Crippen LogP contribution >= 0.6 is 0 Å². The number of phenols is 1. The van der Waals surface area contributed by atoms with E-state index in [1.54, 1.807) is 12.1 Å². The Hall–Kier alpha value is -3.75. The lowest BCUT2D eigenvalue weighted by molar-refractivity contribution is 0.00578. The number of hydrogen-bond acceptors (Lipinski definition) is 11. The van der Waals surface area contributed by atoms with Gasteiger partial charge in [-0.25, -0.2) is 0 Å². The quantitative estimate of drug-likeness (QED) is 0.0518. The number of ether oxygens (including phenoxy) is 5.